The van der Waals surface area contributed by atoms with Crippen LogP contribution in [0.3, 0.4) is 0 Å². The lowest BCUT2D eigenvalue weighted by molar-refractivity contribution is 0.296. The smallest absolute Gasteiger partial charge is 0.228 e. The predicted molar refractivity (Wildman–Crippen MR) is 120 cm³/mol. The van der Waals surface area contributed by atoms with Gasteiger partial charge in [0.05, 0.1) is 13.2 Å². The maximum Gasteiger partial charge on any atom is 0.228 e. The summed E-state index contributed by atoms with van der Waals surface area (Å²) in [6.07, 6.45) is 3.23. The van der Waals surface area contributed by atoms with Gasteiger partial charge in [0.15, 0.2) is 11.8 Å². The van der Waals surface area contributed by atoms with Crippen molar-refractivity contribution >= 4 is 29.9 Å². The fourth-order valence-electron chi connectivity index (χ4n) is 2.65. The van der Waals surface area contributed by atoms with Gasteiger partial charge >= 0.3 is 0 Å². The van der Waals surface area contributed by atoms with Crippen LogP contribution in [0.2, 0.25) is 0 Å². The molecular formula is C20H30IN5O2. The molecular weight excluding hydrogens is 469 g/mol. The minimum absolute atomic E-state index is 0. The molecule has 0 atom stereocenters. The van der Waals surface area contributed by atoms with Crippen LogP contribution in [0, 0.1) is 19.8 Å². The number of aryl methyl sites for hydroxylation is 2. The van der Waals surface area contributed by atoms with Crippen molar-refractivity contribution in [1.82, 2.24) is 20.8 Å². The molecule has 1 aromatic carbocycles. The molecule has 1 aromatic heterocycles. The van der Waals surface area contributed by atoms with Gasteiger partial charge in [-0.15, -0.1) is 24.0 Å². The zero-order valence-electron chi connectivity index (χ0n) is 16.8. The first-order valence-electron chi connectivity index (χ1n) is 9.67. The Bertz CT molecular complexity index is 774. The van der Waals surface area contributed by atoms with Crippen molar-refractivity contribution in [1.29, 1.82) is 0 Å². The number of aromatic nitrogens is 2. The molecule has 1 heterocycles. The van der Waals surface area contributed by atoms with Crippen LogP contribution in [0.4, 0.5) is 0 Å². The number of aliphatic imine (C=N–C) groups is 1. The van der Waals surface area contributed by atoms with E-state index in [9.17, 15) is 0 Å². The maximum absolute atomic E-state index is 6.04. The van der Waals surface area contributed by atoms with Gasteiger partial charge in [-0.05, 0) is 51.2 Å². The van der Waals surface area contributed by atoms with E-state index in [0.29, 0.717) is 31.2 Å². The summed E-state index contributed by atoms with van der Waals surface area (Å²) in [6.45, 7) is 8.79. The van der Waals surface area contributed by atoms with Crippen molar-refractivity contribution in [2.45, 2.75) is 46.6 Å². The molecule has 3 rings (SSSR count). The van der Waals surface area contributed by atoms with Crippen LogP contribution < -0.4 is 15.4 Å². The molecule has 8 heteroatoms. The molecule has 0 amide bonds. The Morgan fingerprint density at radius 1 is 1.29 bits per heavy atom. The van der Waals surface area contributed by atoms with E-state index >= 15 is 0 Å². The van der Waals surface area contributed by atoms with Crippen molar-refractivity contribution in [2.75, 3.05) is 19.7 Å². The van der Waals surface area contributed by atoms with Crippen molar-refractivity contribution in [2.24, 2.45) is 10.9 Å². The van der Waals surface area contributed by atoms with Crippen LogP contribution >= 0.6 is 24.0 Å². The van der Waals surface area contributed by atoms with Crippen LogP contribution in [0.1, 0.15) is 42.6 Å². The third-order valence-corrected chi connectivity index (χ3v) is 4.35. The molecule has 0 unspecified atom stereocenters. The molecule has 2 aromatic rings. The van der Waals surface area contributed by atoms with Gasteiger partial charge in [0.1, 0.15) is 5.75 Å². The lowest BCUT2D eigenvalue weighted by Gasteiger charge is -2.13. The van der Waals surface area contributed by atoms with Gasteiger partial charge in [0.25, 0.3) is 0 Å². The number of nitrogens with zero attached hydrogens (tertiary/aromatic N) is 3. The zero-order valence-corrected chi connectivity index (χ0v) is 19.2. The van der Waals surface area contributed by atoms with Gasteiger partial charge < -0.3 is 19.9 Å². The number of nitrogens with one attached hydrogen (secondary N) is 2. The molecule has 0 aliphatic heterocycles. The molecule has 1 saturated carbocycles. The molecule has 28 heavy (non-hydrogen) atoms. The Morgan fingerprint density at radius 2 is 2.11 bits per heavy atom. The summed E-state index contributed by atoms with van der Waals surface area (Å²) in [4.78, 5) is 8.91. The molecule has 0 saturated heterocycles. The van der Waals surface area contributed by atoms with E-state index < -0.39 is 0 Å². The normalized spacial score (nSPS) is 13.8. The Hall–Kier alpha value is -1.84. The van der Waals surface area contributed by atoms with Crippen molar-refractivity contribution in [3.8, 4) is 5.75 Å². The second kappa shape index (κ2) is 11.2. The van der Waals surface area contributed by atoms with Gasteiger partial charge in [-0.2, -0.15) is 4.98 Å². The molecule has 2 N–H and O–H groups in total. The van der Waals surface area contributed by atoms with E-state index in [4.69, 9.17) is 14.3 Å². The standard InChI is InChI=1S/C20H29N5O2.HI/c1-4-21-20(22-10-9-19-24-15(3)25-27-19)23-12-17-8-5-14(2)11-18(17)26-13-16-6-7-16;/h5,8,11,16H,4,6-7,9-10,12-13H2,1-3H3,(H2,21,22,23);1H. The summed E-state index contributed by atoms with van der Waals surface area (Å²) in [5, 5.41) is 10.4. The Morgan fingerprint density at radius 3 is 2.79 bits per heavy atom. The van der Waals surface area contributed by atoms with E-state index in [1.807, 2.05) is 6.92 Å². The average molecular weight is 499 g/mol. The lowest BCUT2D eigenvalue weighted by atomic mass is 10.1. The fraction of sp³-hybridized carbons (Fsp3) is 0.550. The highest BCUT2D eigenvalue weighted by Gasteiger charge is 2.22. The van der Waals surface area contributed by atoms with E-state index in [-0.39, 0.29) is 24.0 Å². The van der Waals surface area contributed by atoms with Crippen molar-refractivity contribution in [3.63, 3.8) is 0 Å². The molecule has 1 aliphatic carbocycles. The molecule has 1 fully saturated rings. The van der Waals surface area contributed by atoms with Crippen LogP contribution in [0.25, 0.3) is 0 Å². The maximum atomic E-state index is 6.04. The van der Waals surface area contributed by atoms with Gasteiger partial charge in [-0.1, -0.05) is 17.3 Å². The minimum atomic E-state index is 0. The summed E-state index contributed by atoms with van der Waals surface area (Å²) in [5.74, 6) is 3.73. The zero-order chi connectivity index (χ0) is 19.1. The quantitative estimate of drug-likeness (QED) is 0.313. The Kier molecular flexibility index (Phi) is 9.01. The number of hydrogen-bond donors (Lipinski definition) is 2. The number of hydrogen-bond acceptors (Lipinski definition) is 5. The average Bonchev–Trinajstić information content (AvgIpc) is 3.39. The van der Waals surface area contributed by atoms with Crippen LogP contribution in [0.5, 0.6) is 5.75 Å². The number of rotatable bonds is 9. The largest absolute Gasteiger partial charge is 0.493 e. The molecule has 154 valence electrons. The third kappa shape index (κ3) is 7.29. The first-order valence-corrected chi connectivity index (χ1v) is 9.67. The first kappa shape index (κ1) is 22.4. The van der Waals surface area contributed by atoms with Crippen molar-refractivity contribution < 1.29 is 9.26 Å². The Balaban J connectivity index is 0.00000280. The summed E-state index contributed by atoms with van der Waals surface area (Å²) >= 11 is 0. The van der Waals surface area contributed by atoms with E-state index in [0.717, 1.165) is 36.3 Å². The molecule has 7 nitrogen and oxygen atoms in total. The minimum Gasteiger partial charge on any atom is -0.493 e. The van der Waals surface area contributed by atoms with Gasteiger partial charge in [0, 0.05) is 25.1 Å². The number of halogens is 1. The highest BCUT2D eigenvalue weighted by atomic mass is 127. The third-order valence-electron chi connectivity index (χ3n) is 4.35. The monoisotopic (exact) mass is 499 g/mol. The summed E-state index contributed by atoms with van der Waals surface area (Å²) in [5.41, 5.74) is 2.30. The number of guanidine groups is 1. The summed E-state index contributed by atoms with van der Waals surface area (Å²) in [6, 6.07) is 6.31. The number of ether oxygens (including phenoxy) is 1. The van der Waals surface area contributed by atoms with E-state index in [1.165, 1.54) is 18.4 Å². The highest BCUT2D eigenvalue weighted by molar-refractivity contribution is 14.0. The Labute approximate surface area is 183 Å². The van der Waals surface area contributed by atoms with Gasteiger partial charge in [-0.3, -0.25) is 0 Å². The van der Waals surface area contributed by atoms with E-state index in [2.05, 4.69) is 52.8 Å². The molecule has 1 aliphatic rings. The van der Waals surface area contributed by atoms with Gasteiger partial charge in [0.2, 0.25) is 5.89 Å². The van der Waals surface area contributed by atoms with Gasteiger partial charge in [-0.25, -0.2) is 4.99 Å². The van der Waals surface area contributed by atoms with Crippen LogP contribution in [-0.2, 0) is 13.0 Å². The van der Waals surface area contributed by atoms with E-state index in [1.54, 1.807) is 0 Å². The highest BCUT2D eigenvalue weighted by Crippen LogP contribution is 2.30. The van der Waals surface area contributed by atoms with Crippen LogP contribution in [0.15, 0.2) is 27.7 Å². The lowest BCUT2D eigenvalue weighted by Crippen LogP contribution is -2.38. The fourth-order valence-corrected chi connectivity index (χ4v) is 2.65. The molecule has 0 radical (unpaired) electrons. The second-order valence-electron chi connectivity index (χ2n) is 6.97. The second-order valence-corrected chi connectivity index (χ2v) is 6.97. The van der Waals surface area contributed by atoms with Crippen molar-refractivity contribution in [3.05, 3.63) is 41.0 Å². The SMILES string of the molecule is CCNC(=NCc1ccc(C)cc1OCC1CC1)NCCc1nc(C)no1.I. The number of benzene rings is 1. The molecule has 0 bridgehead atoms. The summed E-state index contributed by atoms with van der Waals surface area (Å²) < 4.78 is 11.2. The topological polar surface area (TPSA) is 84.6 Å². The predicted octanol–water partition coefficient (Wildman–Crippen LogP) is 3.39. The molecule has 0 spiro atoms. The van der Waals surface area contributed by atoms with Crippen LogP contribution in [-0.4, -0.2) is 35.8 Å². The summed E-state index contributed by atoms with van der Waals surface area (Å²) in [7, 11) is 0. The first-order chi connectivity index (χ1) is 13.1.